The molecule has 0 spiro atoms. The monoisotopic (exact) mass is 640 g/mol. The van der Waals surface area contributed by atoms with E-state index in [9.17, 15) is 0 Å². The van der Waals surface area contributed by atoms with Crippen molar-refractivity contribution in [3.63, 3.8) is 0 Å². The van der Waals surface area contributed by atoms with Crippen LogP contribution in [0.15, 0.2) is 38.1 Å². The van der Waals surface area contributed by atoms with Gasteiger partial charge in [-0.25, -0.2) is 0 Å². The summed E-state index contributed by atoms with van der Waals surface area (Å²) in [5.41, 5.74) is 0. The number of rotatable bonds is 4. The molecule has 0 heterocycles. The maximum Gasteiger partial charge on any atom is -1.00 e. The second-order valence-corrected chi connectivity index (χ2v) is 41.6. The largest absolute Gasteiger partial charge is 1.00 e. The molecule has 0 saturated carbocycles. The van der Waals surface area contributed by atoms with Gasteiger partial charge in [0.1, 0.15) is 0 Å². The number of hydrogen-bond acceptors (Lipinski definition) is 0. The van der Waals surface area contributed by atoms with Crippen LogP contribution in [0.3, 0.4) is 0 Å². The Morgan fingerprint density at radius 3 is 1.47 bits per heavy atom. The standard InChI is InChI=1S/2C5H4.6CH3.Hf.2Sn.2H/c2*1-2-4-5-3-1;;;;;;;;;;;/h2*1-2H,3H2;6*1H3;;;;;/q;;;;;;;;+2;;;2*-1. The van der Waals surface area contributed by atoms with Gasteiger partial charge >= 0.3 is 140 Å². The van der Waals surface area contributed by atoms with Crippen LogP contribution in [0.4, 0.5) is 0 Å². The van der Waals surface area contributed by atoms with E-state index in [1.165, 1.54) is 12.8 Å². The molecule has 104 valence electrons. The summed E-state index contributed by atoms with van der Waals surface area (Å²) in [5, 5.41) is 0. The molecule has 0 radical (unpaired) electrons. The van der Waals surface area contributed by atoms with Crippen LogP contribution in [-0.4, -0.2) is 36.8 Å². The number of allylic oxidation sites excluding steroid dienone is 8. The van der Waals surface area contributed by atoms with Gasteiger partial charge in [-0.2, -0.15) is 0 Å². The second kappa shape index (κ2) is 6.27. The van der Waals surface area contributed by atoms with E-state index in [0.29, 0.717) is 0 Å². The predicted octanol–water partition coefficient (Wildman–Crippen LogP) is 5.48. The van der Waals surface area contributed by atoms with E-state index >= 15 is 0 Å². The van der Waals surface area contributed by atoms with Gasteiger partial charge in [0.05, 0.1) is 0 Å². The topological polar surface area (TPSA) is 0 Å². The van der Waals surface area contributed by atoms with Crippen molar-refractivity contribution in [2.75, 3.05) is 0 Å². The third-order valence-corrected chi connectivity index (χ3v) is 26.4. The SMILES string of the molecule is [CH3][Sn]([CH3])([CH3])[C]1=[C]([Hf+2][C]2=[C]([Sn]([CH3])([CH3])[CH3])C=CC2)CC=C1.[H-].[H-]. The molecule has 0 aromatic rings. The normalized spacial score (nSPS) is 19.7. The Balaban J connectivity index is 0.00000200. The Morgan fingerprint density at radius 2 is 1.16 bits per heavy atom. The average Bonchev–Trinajstić information content (AvgIpc) is 2.83. The van der Waals surface area contributed by atoms with E-state index in [1.807, 2.05) is 13.8 Å². The van der Waals surface area contributed by atoms with Crippen LogP contribution in [0.1, 0.15) is 15.7 Å². The fourth-order valence-corrected chi connectivity index (χ4v) is 37.6. The van der Waals surface area contributed by atoms with Crippen LogP contribution in [-0.2, 0) is 22.9 Å². The number of hydrogen-bond donors (Lipinski definition) is 0. The molecule has 0 fully saturated rings. The van der Waals surface area contributed by atoms with Gasteiger partial charge in [-0.15, -0.1) is 0 Å². The first-order valence-electron chi connectivity index (χ1n) is 7.27. The van der Waals surface area contributed by atoms with E-state index in [2.05, 4.69) is 53.9 Å². The van der Waals surface area contributed by atoms with E-state index in [4.69, 9.17) is 0 Å². The molecule has 0 amide bonds. The van der Waals surface area contributed by atoms with Crippen molar-refractivity contribution >= 4 is 36.8 Å². The van der Waals surface area contributed by atoms with E-state index in [-0.39, 0.29) is 2.85 Å². The third-order valence-electron chi connectivity index (χ3n) is 3.78. The van der Waals surface area contributed by atoms with E-state index < -0.39 is 59.7 Å². The minimum atomic E-state index is -1.85. The zero-order valence-corrected chi connectivity index (χ0v) is 22.5. The minimum Gasteiger partial charge on any atom is -1.00 e. The predicted molar refractivity (Wildman–Crippen MR) is 90.5 cm³/mol. The van der Waals surface area contributed by atoms with Crippen molar-refractivity contribution in [2.24, 2.45) is 0 Å². The van der Waals surface area contributed by atoms with Gasteiger partial charge in [0, 0.05) is 0 Å². The summed E-state index contributed by atoms with van der Waals surface area (Å²) in [4.78, 5) is 15.5. The molecule has 0 nitrogen and oxygen atoms in total. The van der Waals surface area contributed by atoms with Gasteiger partial charge < -0.3 is 2.85 Å². The molecule has 0 atom stereocenters. The summed E-state index contributed by atoms with van der Waals surface area (Å²) < 4.78 is 7.66. The minimum absolute atomic E-state index is 0. The molecule has 2 aliphatic rings. The molecule has 0 bridgehead atoms. The Morgan fingerprint density at radius 1 is 0.789 bits per heavy atom. The Kier molecular flexibility index (Phi) is 5.54. The molecule has 3 heteroatoms. The fraction of sp³-hybridized carbons (Fsp3) is 0.500. The van der Waals surface area contributed by atoms with Crippen molar-refractivity contribution < 1.29 is 25.8 Å². The summed E-state index contributed by atoms with van der Waals surface area (Å²) in [6, 6.07) is 0. The van der Waals surface area contributed by atoms with Crippen LogP contribution in [0.25, 0.3) is 0 Å². The molecule has 2 aliphatic carbocycles. The molecule has 0 aromatic heterocycles. The molecule has 0 aliphatic heterocycles. The zero-order chi connectivity index (χ0) is 14.3. The summed E-state index contributed by atoms with van der Waals surface area (Å²) in [6.45, 7) is 0. The van der Waals surface area contributed by atoms with Crippen LogP contribution in [0.2, 0.25) is 29.6 Å². The van der Waals surface area contributed by atoms with Crippen molar-refractivity contribution in [1.82, 2.24) is 0 Å². The summed E-state index contributed by atoms with van der Waals surface area (Å²) in [7, 11) is 0. The molecule has 0 N–H and O–H groups in total. The van der Waals surface area contributed by atoms with Crippen LogP contribution < -0.4 is 0 Å². The fourth-order valence-electron chi connectivity index (χ4n) is 2.83. The maximum absolute atomic E-state index is 2.58. The van der Waals surface area contributed by atoms with E-state index in [0.717, 1.165) is 0 Å². The average molecular weight is 636 g/mol. The Labute approximate surface area is 141 Å². The van der Waals surface area contributed by atoms with Crippen LogP contribution >= 0.6 is 0 Å². The smallest absolute Gasteiger partial charge is 1.00 e. The zero-order valence-electron chi connectivity index (χ0n) is 15.2. The summed E-state index contributed by atoms with van der Waals surface area (Å²) in [6.07, 6.45) is 12.5. The molecular weight excluding hydrogens is 608 g/mol. The first-order chi connectivity index (χ1) is 8.69. The third kappa shape index (κ3) is 4.21. The van der Waals surface area contributed by atoms with Gasteiger partial charge in [0.15, 0.2) is 0 Å². The molecular formula is C16H28HfSn2. The summed E-state index contributed by atoms with van der Waals surface area (Å²) in [5.74, 6) is 0. The Hall–Kier alpha value is 1.43. The van der Waals surface area contributed by atoms with Crippen molar-refractivity contribution in [1.29, 1.82) is 0 Å². The molecule has 0 unspecified atom stereocenters. The second-order valence-electron chi connectivity index (χ2n) is 7.62. The molecule has 0 saturated heterocycles. The molecule has 19 heavy (non-hydrogen) atoms. The van der Waals surface area contributed by atoms with Crippen LogP contribution in [0, 0.1) is 0 Å². The summed E-state index contributed by atoms with van der Waals surface area (Å²) >= 11 is -4.43. The van der Waals surface area contributed by atoms with E-state index in [1.54, 1.807) is 0 Å². The van der Waals surface area contributed by atoms with Gasteiger partial charge in [-0.1, -0.05) is 0 Å². The maximum atomic E-state index is 2.58. The quantitative estimate of drug-likeness (QED) is 0.359. The van der Waals surface area contributed by atoms with Gasteiger partial charge in [0.2, 0.25) is 0 Å². The molecule has 2 rings (SSSR count). The first-order valence-corrected chi connectivity index (χ1v) is 30.8. The van der Waals surface area contributed by atoms with Crippen molar-refractivity contribution in [3.05, 3.63) is 38.1 Å². The van der Waals surface area contributed by atoms with Gasteiger partial charge in [-0.05, 0) is 0 Å². The van der Waals surface area contributed by atoms with Crippen molar-refractivity contribution in [3.8, 4) is 0 Å². The van der Waals surface area contributed by atoms with Crippen molar-refractivity contribution in [2.45, 2.75) is 42.5 Å². The van der Waals surface area contributed by atoms with Crippen LogP contribution in [0.5, 0.6) is 0 Å². The first kappa shape index (κ1) is 16.8. The van der Waals surface area contributed by atoms with Gasteiger partial charge in [0.25, 0.3) is 0 Å². The molecule has 0 aromatic carbocycles. The Bertz CT molecular complexity index is 457. The van der Waals surface area contributed by atoms with Gasteiger partial charge in [-0.3, -0.25) is 0 Å².